The highest BCUT2D eigenvalue weighted by Crippen LogP contribution is 2.43. The van der Waals surface area contributed by atoms with Gasteiger partial charge in [-0.2, -0.15) is 9.97 Å². The van der Waals surface area contributed by atoms with Crippen LogP contribution in [-0.4, -0.2) is 169 Å². The molecule has 0 bridgehead atoms. The smallest absolute Gasteiger partial charge is 0.324 e. The van der Waals surface area contributed by atoms with Gasteiger partial charge in [-0.3, -0.25) is 24.1 Å². The molecule has 4 aliphatic heterocycles. The Hall–Kier alpha value is -6.44. The number of benzene rings is 2. The lowest BCUT2D eigenvalue weighted by Crippen LogP contribution is -2.55. The van der Waals surface area contributed by atoms with Crippen LogP contribution in [0.2, 0.25) is 0 Å². The van der Waals surface area contributed by atoms with Crippen LogP contribution in [0.15, 0.2) is 48.8 Å². The predicted molar refractivity (Wildman–Crippen MR) is 322 cm³/mol. The van der Waals surface area contributed by atoms with Gasteiger partial charge in [0.05, 0.1) is 26.6 Å². The van der Waals surface area contributed by atoms with Crippen molar-refractivity contribution in [2.24, 2.45) is 17.8 Å². The number of rotatable bonds is 19. The van der Waals surface area contributed by atoms with E-state index in [1.54, 1.807) is 80.8 Å². The molecule has 2 saturated heterocycles. The molecule has 6 heterocycles. The highest BCUT2D eigenvalue weighted by atomic mass is 16.5. The molecule has 2 atom stereocenters. The minimum atomic E-state index is -0.299. The Kier molecular flexibility index (Phi) is 19.2. The van der Waals surface area contributed by atoms with Crippen LogP contribution < -0.4 is 38.5 Å². The minimum absolute atomic E-state index is 0.0309. The zero-order chi connectivity index (χ0) is 58.5. The molecule has 83 heavy (non-hydrogen) atoms. The summed E-state index contributed by atoms with van der Waals surface area (Å²) in [6, 6.07) is 11.4. The Labute approximate surface area is 491 Å². The number of Topliss-reactive ketones (excluding diaryl/α,β-unsaturated/α-hetero) is 2. The molecule has 0 radical (unpaired) electrons. The van der Waals surface area contributed by atoms with Gasteiger partial charge in [0.15, 0.2) is 46.2 Å². The molecule has 5 fully saturated rings. The number of fused-ring (bicyclic) bond motifs is 2. The molecule has 0 spiro atoms. The molecule has 448 valence electrons. The molecule has 0 N–H and O–H groups in total. The number of likely N-dealkylation sites (tertiary alicyclic amines) is 1. The van der Waals surface area contributed by atoms with E-state index < -0.39 is 0 Å². The molecule has 3 saturated carbocycles. The van der Waals surface area contributed by atoms with Crippen molar-refractivity contribution in [3.8, 4) is 35.0 Å². The zero-order valence-electron chi connectivity index (χ0n) is 50.7. The number of piperazine rings is 1. The molecule has 19 nitrogen and oxygen atoms in total. The number of ketones is 2. The quantitative estimate of drug-likeness (QED) is 0.0809. The van der Waals surface area contributed by atoms with Gasteiger partial charge in [-0.1, -0.05) is 26.7 Å². The van der Waals surface area contributed by atoms with Crippen molar-refractivity contribution < 1.29 is 38.1 Å². The summed E-state index contributed by atoms with van der Waals surface area (Å²) in [5, 5.41) is 0. The van der Waals surface area contributed by atoms with E-state index >= 15 is 0 Å². The summed E-state index contributed by atoms with van der Waals surface area (Å²) in [5.74, 6) is 5.41. The summed E-state index contributed by atoms with van der Waals surface area (Å²) in [5.41, 5.74) is 2.61. The van der Waals surface area contributed by atoms with E-state index in [0.29, 0.717) is 94.9 Å². The van der Waals surface area contributed by atoms with Crippen LogP contribution in [0.3, 0.4) is 0 Å². The number of piperidine rings is 1. The lowest BCUT2D eigenvalue weighted by molar-refractivity contribution is -0.120. The van der Waals surface area contributed by atoms with Crippen molar-refractivity contribution >= 4 is 46.4 Å². The van der Waals surface area contributed by atoms with E-state index in [1.165, 1.54) is 58.4 Å². The lowest BCUT2D eigenvalue weighted by Gasteiger charge is -2.43. The summed E-state index contributed by atoms with van der Waals surface area (Å²) in [6.45, 7) is 16.3. The second-order valence-corrected chi connectivity index (χ2v) is 24.6. The number of hydrogen-bond acceptors (Lipinski definition) is 17. The molecule has 11 rings (SSSR count). The first-order chi connectivity index (χ1) is 40.1. The maximum atomic E-state index is 13.4. The summed E-state index contributed by atoms with van der Waals surface area (Å²) < 4.78 is 23.5. The molecule has 19 heteroatoms. The van der Waals surface area contributed by atoms with Gasteiger partial charge >= 0.3 is 12.0 Å². The fraction of sp³-hybridized carbons (Fsp3) is 0.625. The van der Waals surface area contributed by atoms with Crippen LogP contribution in [0.5, 0.6) is 35.0 Å². The van der Waals surface area contributed by atoms with E-state index in [1.807, 2.05) is 24.8 Å². The van der Waals surface area contributed by atoms with Gasteiger partial charge in [0.2, 0.25) is 11.8 Å². The SMILES string of the molecule is CC[C@@H]1C(=O)N(C)c2cnc(Oc3ccc(C(=O)CC4CCC(N5CCN(CC6CC6)CC5)CC4)cc3OC)nc2N1C(C)C.CC[C@@H]1C(=O)N(C)c2cnc(Oc3ccc(C(=O)CC4CCN(C)CC4)cc3OC)nc2N1C1CCCC1. The molecule has 7 aliphatic rings. The normalized spacial score (nSPS) is 23.0. The minimum Gasteiger partial charge on any atom is -0.493 e. The third kappa shape index (κ3) is 13.6. The first-order valence-corrected chi connectivity index (χ1v) is 30.9. The third-order valence-electron chi connectivity index (χ3n) is 18.7. The van der Waals surface area contributed by atoms with Gasteiger partial charge in [-0.25, -0.2) is 9.97 Å². The number of hydrogen-bond donors (Lipinski definition) is 0. The Morgan fingerprint density at radius 3 is 1.58 bits per heavy atom. The first kappa shape index (κ1) is 59.7. The number of ether oxygens (including phenoxy) is 4. The van der Waals surface area contributed by atoms with Crippen molar-refractivity contribution in [3.05, 3.63) is 59.9 Å². The van der Waals surface area contributed by atoms with Gasteiger partial charge in [0.1, 0.15) is 23.5 Å². The maximum Gasteiger partial charge on any atom is 0.324 e. The van der Waals surface area contributed by atoms with Crippen LogP contribution in [0, 0.1) is 17.8 Å². The van der Waals surface area contributed by atoms with Gasteiger partial charge in [-0.05, 0) is 165 Å². The molecule has 2 aromatic heterocycles. The van der Waals surface area contributed by atoms with E-state index in [9.17, 15) is 19.2 Å². The van der Waals surface area contributed by atoms with E-state index in [4.69, 9.17) is 28.9 Å². The maximum absolute atomic E-state index is 13.4. The van der Waals surface area contributed by atoms with Crippen LogP contribution >= 0.6 is 0 Å². The van der Waals surface area contributed by atoms with Crippen LogP contribution in [0.4, 0.5) is 23.0 Å². The van der Waals surface area contributed by atoms with Crippen molar-refractivity contribution in [2.45, 2.75) is 161 Å². The number of amides is 2. The Morgan fingerprint density at radius 1 is 0.578 bits per heavy atom. The van der Waals surface area contributed by atoms with E-state index in [0.717, 1.165) is 76.2 Å². The highest BCUT2D eigenvalue weighted by Gasteiger charge is 2.42. The Morgan fingerprint density at radius 2 is 1.07 bits per heavy atom. The summed E-state index contributed by atoms with van der Waals surface area (Å²) in [7, 11) is 8.80. The molecule has 0 unspecified atom stereocenters. The number of methoxy groups -OCH3 is 2. The molecule has 3 aliphatic carbocycles. The number of likely N-dealkylation sites (N-methyl/N-ethyl adjacent to an activating group) is 2. The number of anilines is 4. The van der Waals surface area contributed by atoms with Crippen LogP contribution in [-0.2, 0) is 9.59 Å². The Bertz CT molecular complexity index is 2930. The number of nitrogens with zero attached hydrogens (tertiary/aromatic N) is 11. The predicted octanol–water partition coefficient (Wildman–Crippen LogP) is 10.1. The van der Waals surface area contributed by atoms with Gasteiger partial charge in [0, 0.05) is 88.9 Å². The number of carbonyl (C=O) groups is 4. The van der Waals surface area contributed by atoms with Gasteiger partial charge < -0.3 is 48.3 Å². The van der Waals surface area contributed by atoms with E-state index in [2.05, 4.69) is 50.5 Å². The second kappa shape index (κ2) is 26.6. The second-order valence-electron chi connectivity index (χ2n) is 24.6. The summed E-state index contributed by atoms with van der Waals surface area (Å²) in [4.78, 5) is 86.0. The summed E-state index contributed by atoms with van der Waals surface area (Å²) >= 11 is 0. The van der Waals surface area contributed by atoms with Crippen molar-refractivity contribution in [2.75, 3.05) is 101 Å². The molecule has 2 aromatic carbocycles. The molecular weight excluding hydrogens is 1050 g/mol. The molecule has 4 aromatic rings. The topological polar surface area (TPSA) is 179 Å². The fourth-order valence-electron chi connectivity index (χ4n) is 13.6. The van der Waals surface area contributed by atoms with E-state index in [-0.39, 0.29) is 59.6 Å². The largest absolute Gasteiger partial charge is 0.493 e. The van der Waals surface area contributed by atoms with Crippen molar-refractivity contribution in [3.63, 3.8) is 0 Å². The van der Waals surface area contributed by atoms with Crippen LogP contribution in [0.25, 0.3) is 0 Å². The highest BCUT2D eigenvalue weighted by molar-refractivity contribution is 6.05. The zero-order valence-corrected chi connectivity index (χ0v) is 50.7. The van der Waals surface area contributed by atoms with Gasteiger partial charge in [0.25, 0.3) is 0 Å². The molecule has 2 amide bonds. The first-order valence-electron chi connectivity index (χ1n) is 30.9. The van der Waals surface area contributed by atoms with Gasteiger partial charge in [-0.15, -0.1) is 0 Å². The van der Waals surface area contributed by atoms with Crippen LogP contribution in [0.1, 0.15) is 151 Å². The van der Waals surface area contributed by atoms with Crippen molar-refractivity contribution in [1.29, 1.82) is 0 Å². The monoisotopic (exact) mass is 1140 g/mol. The fourth-order valence-corrected chi connectivity index (χ4v) is 13.6. The summed E-state index contributed by atoms with van der Waals surface area (Å²) in [6.07, 6.45) is 19.8. The molecular formula is C64H89N11O8. The van der Waals surface area contributed by atoms with Crippen molar-refractivity contribution in [1.82, 2.24) is 34.6 Å². The number of aromatic nitrogens is 4. The number of carbonyl (C=O) groups excluding carboxylic acids is 4. The third-order valence-corrected chi connectivity index (χ3v) is 18.7. The lowest BCUT2D eigenvalue weighted by atomic mass is 9.81. The average Bonchev–Trinajstić information content (AvgIpc) is 4.10. The standard InChI is InChI=1S/C35H50N6O4.C29H39N5O4/c1-6-28-34(43)38(4)29-21-36-35(37-33(29)41(28)23(2)3)45-31-14-11-26(20-32(31)44-5)30(42)19-24-9-12-27(13-10-24)40-17-15-39(16-18-40)22-25-7-8-25;1-5-22-28(36)33(3)23-18-30-29(31-27(23)34(22)21-8-6-7-9-21)38-25-11-10-20(17-26(25)37-4)24(35)16-19-12-14-32(2)15-13-19/h11,14,20-21,23-25,27-28H,6-10,12-13,15-19,22H2,1-5H3;10-11,17-19,21-22H,5-9,12-16H2,1-4H3/t24?,27?,28-;22-/m11/s1. The average molecular weight is 1140 g/mol. The Balaban J connectivity index is 0.000000188.